The Hall–Kier alpha value is -4.66. The average Bonchev–Trinajstić information content (AvgIpc) is 3.46. The SMILES string of the molecule is CCC(C)C(NC(=O)C(Cc1cnc[nH]1)NC(=O)C(N)Cc1ccc(O)cc1)C(=O)NC(CCCN=C(N)N)C(=O)O. The number of phenolic OH excluding ortho intramolecular Hbond substituents is 1. The number of carbonyl (C=O) groups excluding carboxylic acids is 3. The molecular formula is C27H41N9O6. The van der Waals surface area contributed by atoms with Crippen LogP contribution < -0.4 is 33.2 Å². The van der Waals surface area contributed by atoms with Crippen molar-refractivity contribution in [3.05, 3.63) is 48.0 Å². The molecule has 15 nitrogen and oxygen atoms in total. The molecule has 0 radical (unpaired) electrons. The summed E-state index contributed by atoms with van der Waals surface area (Å²) in [4.78, 5) is 62.2. The zero-order valence-corrected chi connectivity index (χ0v) is 23.7. The molecular weight excluding hydrogens is 546 g/mol. The number of nitrogens with zero attached hydrogens (tertiary/aromatic N) is 2. The second kappa shape index (κ2) is 16.6. The Kier molecular flexibility index (Phi) is 13.2. The minimum atomic E-state index is -1.24. The monoisotopic (exact) mass is 587 g/mol. The Morgan fingerprint density at radius 2 is 1.67 bits per heavy atom. The highest BCUT2D eigenvalue weighted by Gasteiger charge is 2.33. The molecule has 0 saturated heterocycles. The van der Waals surface area contributed by atoms with Crippen LogP contribution in [0.5, 0.6) is 5.75 Å². The van der Waals surface area contributed by atoms with Gasteiger partial charge in [0.2, 0.25) is 17.7 Å². The number of hydrogen-bond acceptors (Lipinski definition) is 8. The van der Waals surface area contributed by atoms with Gasteiger partial charge in [-0.1, -0.05) is 32.4 Å². The maximum Gasteiger partial charge on any atom is 0.326 e. The molecule has 0 bridgehead atoms. The number of carboxylic acid groups (broad SMARTS) is 1. The number of imidazole rings is 1. The second-order valence-corrected chi connectivity index (χ2v) is 10.0. The summed E-state index contributed by atoms with van der Waals surface area (Å²) in [6, 6.07) is 1.78. The van der Waals surface area contributed by atoms with Crippen molar-refractivity contribution in [2.45, 2.75) is 70.1 Å². The second-order valence-electron chi connectivity index (χ2n) is 10.0. The third kappa shape index (κ3) is 11.1. The molecule has 5 unspecified atom stereocenters. The van der Waals surface area contributed by atoms with Crippen LogP contribution in [0.3, 0.4) is 0 Å². The molecule has 42 heavy (non-hydrogen) atoms. The summed E-state index contributed by atoms with van der Waals surface area (Å²) in [6.07, 6.45) is 3.98. The summed E-state index contributed by atoms with van der Waals surface area (Å²) < 4.78 is 0. The largest absolute Gasteiger partial charge is 0.508 e. The highest BCUT2D eigenvalue weighted by Crippen LogP contribution is 2.13. The van der Waals surface area contributed by atoms with E-state index >= 15 is 0 Å². The van der Waals surface area contributed by atoms with Crippen LogP contribution in [0.4, 0.5) is 0 Å². The minimum Gasteiger partial charge on any atom is -0.508 e. The molecule has 12 N–H and O–H groups in total. The number of nitrogens with one attached hydrogen (secondary N) is 4. The summed E-state index contributed by atoms with van der Waals surface area (Å²) in [6.45, 7) is 3.76. The summed E-state index contributed by atoms with van der Waals surface area (Å²) >= 11 is 0. The molecule has 230 valence electrons. The number of guanidine groups is 1. The van der Waals surface area contributed by atoms with E-state index in [2.05, 4.69) is 30.9 Å². The molecule has 1 aromatic heterocycles. The molecule has 0 aliphatic rings. The fraction of sp³-hybridized carbons (Fsp3) is 0.481. The zero-order valence-electron chi connectivity index (χ0n) is 23.7. The Morgan fingerprint density at radius 1 is 1.00 bits per heavy atom. The van der Waals surface area contributed by atoms with Gasteiger partial charge in [-0.2, -0.15) is 0 Å². The Labute approximate surface area is 243 Å². The number of hydrogen-bond donors (Lipinski definition) is 9. The van der Waals surface area contributed by atoms with Gasteiger partial charge in [-0.15, -0.1) is 0 Å². The molecule has 0 spiro atoms. The molecule has 0 fully saturated rings. The van der Waals surface area contributed by atoms with Crippen molar-refractivity contribution in [3.8, 4) is 5.75 Å². The van der Waals surface area contributed by atoms with Gasteiger partial charge in [0.1, 0.15) is 23.9 Å². The van der Waals surface area contributed by atoms with Crippen molar-refractivity contribution in [3.63, 3.8) is 0 Å². The summed E-state index contributed by atoms with van der Waals surface area (Å²) in [5, 5.41) is 26.9. The molecule has 0 aliphatic heterocycles. The van der Waals surface area contributed by atoms with Gasteiger partial charge in [0, 0.05) is 24.9 Å². The third-order valence-corrected chi connectivity index (χ3v) is 6.69. The van der Waals surface area contributed by atoms with E-state index in [1.807, 2.05) is 6.92 Å². The summed E-state index contributed by atoms with van der Waals surface area (Å²) in [5.74, 6) is -3.59. The van der Waals surface area contributed by atoms with Gasteiger partial charge in [-0.05, 0) is 42.9 Å². The van der Waals surface area contributed by atoms with E-state index in [-0.39, 0.29) is 43.4 Å². The van der Waals surface area contributed by atoms with Gasteiger partial charge in [0.15, 0.2) is 5.96 Å². The standard InChI is InChI=1S/C27H41N9O6/c1-3-15(2)22(25(40)34-20(26(41)42)5-4-10-32-27(29)30)36-24(39)21(12-17-13-31-14-33-17)35-23(38)19(28)11-16-6-8-18(37)9-7-16/h6-9,13-15,19-22,37H,3-5,10-12,28H2,1-2H3,(H,31,33)(H,34,40)(H,35,38)(H,36,39)(H,41,42)(H4,29,30,32). The van der Waals surface area contributed by atoms with E-state index in [4.69, 9.17) is 17.2 Å². The lowest BCUT2D eigenvalue weighted by Gasteiger charge is -2.28. The molecule has 2 rings (SSSR count). The van der Waals surface area contributed by atoms with Gasteiger partial charge in [0.25, 0.3) is 0 Å². The van der Waals surface area contributed by atoms with Crippen molar-refractivity contribution in [1.82, 2.24) is 25.9 Å². The molecule has 5 atom stereocenters. The lowest BCUT2D eigenvalue weighted by Crippen LogP contribution is -2.59. The lowest BCUT2D eigenvalue weighted by atomic mass is 9.96. The number of carboxylic acids is 1. The van der Waals surface area contributed by atoms with E-state index in [0.717, 1.165) is 0 Å². The zero-order chi connectivity index (χ0) is 31.2. The number of carbonyl (C=O) groups is 4. The first kappa shape index (κ1) is 33.5. The van der Waals surface area contributed by atoms with Crippen LogP contribution in [0.25, 0.3) is 0 Å². The Balaban J connectivity index is 2.16. The number of aromatic nitrogens is 2. The maximum absolute atomic E-state index is 13.5. The van der Waals surface area contributed by atoms with Crippen LogP contribution >= 0.6 is 0 Å². The summed E-state index contributed by atoms with van der Waals surface area (Å²) in [5.41, 5.74) is 18.0. The van der Waals surface area contributed by atoms with Crippen LogP contribution in [0.15, 0.2) is 41.8 Å². The van der Waals surface area contributed by atoms with Crippen LogP contribution in [0.2, 0.25) is 0 Å². The van der Waals surface area contributed by atoms with Crippen molar-refractivity contribution < 1.29 is 29.4 Å². The number of benzene rings is 1. The van der Waals surface area contributed by atoms with Crippen molar-refractivity contribution in [1.29, 1.82) is 0 Å². The topological polar surface area (TPSA) is 264 Å². The molecule has 0 saturated carbocycles. The average molecular weight is 588 g/mol. The maximum atomic E-state index is 13.5. The third-order valence-electron chi connectivity index (χ3n) is 6.69. The number of aromatic amines is 1. The van der Waals surface area contributed by atoms with Crippen LogP contribution in [-0.4, -0.2) is 80.5 Å². The highest BCUT2D eigenvalue weighted by atomic mass is 16.4. The van der Waals surface area contributed by atoms with E-state index in [1.54, 1.807) is 19.1 Å². The first-order valence-electron chi connectivity index (χ1n) is 13.6. The minimum absolute atomic E-state index is 0.0287. The van der Waals surface area contributed by atoms with Crippen molar-refractivity contribution in [2.75, 3.05) is 6.54 Å². The van der Waals surface area contributed by atoms with Crippen molar-refractivity contribution in [2.24, 2.45) is 28.1 Å². The molecule has 1 heterocycles. The quantitative estimate of drug-likeness (QED) is 0.0610. The molecule has 15 heteroatoms. The lowest BCUT2D eigenvalue weighted by molar-refractivity contribution is -0.142. The number of H-pyrrole nitrogens is 1. The predicted molar refractivity (Wildman–Crippen MR) is 155 cm³/mol. The van der Waals surface area contributed by atoms with E-state index < -0.39 is 47.9 Å². The number of aromatic hydroxyl groups is 1. The molecule has 0 aliphatic carbocycles. The van der Waals surface area contributed by atoms with Crippen LogP contribution in [0, 0.1) is 5.92 Å². The number of phenols is 1. The van der Waals surface area contributed by atoms with Gasteiger partial charge >= 0.3 is 5.97 Å². The Morgan fingerprint density at radius 3 is 2.24 bits per heavy atom. The number of aliphatic carboxylic acids is 1. The molecule has 3 amide bonds. The smallest absolute Gasteiger partial charge is 0.326 e. The van der Waals surface area contributed by atoms with E-state index in [0.29, 0.717) is 24.1 Å². The van der Waals surface area contributed by atoms with Gasteiger partial charge in [0.05, 0.1) is 12.4 Å². The molecule has 2 aromatic rings. The fourth-order valence-electron chi connectivity index (χ4n) is 4.06. The normalized spacial score (nSPS) is 14.5. The summed E-state index contributed by atoms with van der Waals surface area (Å²) in [7, 11) is 0. The van der Waals surface area contributed by atoms with Crippen LogP contribution in [0.1, 0.15) is 44.4 Å². The van der Waals surface area contributed by atoms with E-state index in [9.17, 15) is 29.4 Å². The van der Waals surface area contributed by atoms with E-state index in [1.165, 1.54) is 24.7 Å². The predicted octanol–water partition coefficient (Wildman–Crippen LogP) is -1.13. The first-order chi connectivity index (χ1) is 19.9. The van der Waals surface area contributed by atoms with Gasteiger partial charge in [-0.3, -0.25) is 19.4 Å². The Bertz CT molecular complexity index is 1200. The number of rotatable bonds is 17. The first-order valence-corrected chi connectivity index (χ1v) is 13.6. The van der Waals surface area contributed by atoms with Gasteiger partial charge < -0.3 is 48.3 Å². The number of amides is 3. The highest BCUT2D eigenvalue weighted by molar-refractivity contribution is 5.94. The van der Waals surface area contributed by atoms with Crippen LogP contribution in [-0.2, 0) is 32.0 Å². The van der Waals surface area contributed by atoms with Gasteiger partial charge in [-0.25, -0.2) is 9.78 Å². The number of aliphatic imine (C=N–C) groups is 1. The molecule has 1 aromatic carbocycles. The fourth-order valence-corrected chi connectivity index (χ4v) is 4.06. The van der Waals surface area contributed by atoms with Crippen molar-refractivity contribution >= 4 is 29.7 Å². The number of nitrogens with two attached hydrogens (primary N) is 3.